The van der Waals surface area contributed by atoms with Crippen molar-refractivity contribution in [3.05, 3.63) is 33.7 Å². The van der Waals surface area contributed by atoms with Crippen LogP contribution in [0.1, 0.15) is 0 Å². The second kappa shape index (κ2) is 7.01. The SMILES string of the molecule is C=CCn1ncc(NCC2CN(C)CCO2)c(Br)c1=O. The lowest BCUT2D eigenvalue weighted by atomic mass is 10.3. The zero-order valence-corrected chi connectivity index (χ0v) is 13.1. The van der Waals surface area contributed by atoms with E-state index in [1.54, 1.807) is 12.3 Å². The standard InChI is InChI=1S/C13H19BrN4O2/c1-3-4-18-13(19)12(14)11(8-16-18)15-7-10-9-17(2)5-6-20-10/h3,8,10,15H,1,4-7,9H2,2H3. The first kappa shape index (κ1) is 15.2. The number of nitrogens with one attached hydrogen (secondary N) is 1. The predicted octanol–water partition coefficient (Wildman–Crippen LogP) is 0.934. The van der Waals surface area contributed by atoms with Crippen molar-refractivity contribution in [3.8, 4) is 0 Å². The molecule has 1 unspecified atom stereocenters. The van der Waals surface area contributed by atoms with E-state index in [0.29, 0.717) is 23.2 Å². The Hall–Kier alpha value is -1.18. The van der Waals surface area contributed by atoms with Crippen LogP contribution in [0.2, 0.25) is 0 Å². The van der Waals surface area contributed by atoms with E-state index in [9.17, 15) is 4.79 Å². The molecule has 0 amide bonds. The van der Waals surface area contributed by atoms with E-state index in [-0.39, 0.29) is 11.7 Å². The molecule has 7 heteroatoms. The first-order valence-corrected chi connectivity index (χ1v) is 7.31. The van der Waals surface area contributed by atoms with Crippen LogP contribution in [0.4, 0.5) is 5.69 Å². The van der Waals surface area contributed by atoms with E-state index in [1.165, 1.54) is 4.68 Å². The lowest BCUT2D eigenvalue weighted by Crippen LogP contribution is -2.43. The Morgan fingerprint density at radius 3 is 3.20 bits per heavy atom. The number of likely N-dealkylation sites (N-methyl/N-ethyl adjacent to an activating group) is 1. The van der Waals surface area contributed by atoms with Crippen molar-refractivity contribution < 1.29 is 4.74 Å². The van der Waals surface area contributed by atoms with Gasteiger partial charge in [0.25, 0.3) is 5.56 Å². The topological polar surface area (TPSA) is 59.4 Å². The summed E-state index contributed by atoms with van der Waals surface area (Å²) in [6.45, 7) is 7.22. The number of anilines is 1. The molecule has 6 nitrogen and oxygen atoms in total. The Morgan fingerprint density at radius 2 is 2.50 bits per heavy atom. The van der Waals surface area contributed by atoms with Gasteiger partial charge in [0.1, 0.15) is 4.47 Å². The molecule has 0 spiro atoms. The Morgan fingerprint density at radius 1 is 1.70 bits per heavy atom. The van der Waals surface area contributed by atoms with E-state index < -0.39 is 0 Å². The van der Waals surface area contributed by atoms with Crippen LogP contribution in [0.3, 0.4) is 0 Å². The molecule has 1 saturated heterocycles. The van der Waals surface area contributed by atoms with Crippen LogP contribution in [0, 0.1) is 0 Å². The molecule has 2 heterocycles. The Bertz CT molecular complexity index is 532. The number of nitrogens with zero attached hydrogens (tertiary/aromatic N) is 3. The summed E-state index contributed by atoms with van der Waals surface area (Å²) in [5.41, 5.74) is 0.517. The smallest absolute Gasteiger partial charge is 0.283 e. The molecular formula is C13H19BrN4O2. The van der Waals surface area contributed by atoms with Gasteiger partial charge in [0.05, 0.1) is 31.1 Å². The third-order valence-electron chi connectivity index (χ3n) is 3.15. The largest absolute Gasteiger partial charge is 0.380 e. The van der Waals surface area contributed by atoms with Crippen LogP contribution >= 0.6 is 15.9 Å². The summed E-state index contributed by atoms with van der Waals surface area (Å²) < 4.78 is 7.51. The van der Waals surface area contributed by atoms with Crippen LogP contribution in [-0.4, -0.2) is 54.1 Å². The van der Waals surface area contributed by atoms with Gasteiger partial charge in [-0.25, -0.2) is 4.68 Å². The van der Waals surface area contributed by atoms with Crippen molar-refractivity contribution in [1.29, 1.82) is 0 Å². The predicted molar refractivity (Wildman–Crippen MR) is 82.1 cm³/mol. The second-order valence-electron chi connectivity index (χ2n) is 4.78. The van der Waals surface area contributed by atoms with E-state index in [4.69, 9.17) is 4.74 Å². The highest BCUT2D eigenvalue weighted by Gasteiger charge is 2.18. The summed E-state index contributed by atoms with van der Waals surface area (Å²) in [6, 6.07) is 0. The minimum atomic E-state index is -0.170. The van der Waals surface area contributed by atoms with E-state index >= 15 is 0 Å². The molecule has 1 atom stereocenters. The Labute approximate surface area is 126 Å². The van der Waals surface area contributed by atoms with Crippen molar-refractivity contribution >= 4 is 21.6 Å². The van der Waals surface area contributed by atoms with Gasteiger partial charge in [-0.2, -0.15) is 5.10 Å². The molecule has 0 saturated carbocycles. The van der Waals surface area contributed by atoms with Crippen LogP contribution in [-0.2, 0) is 11.3 Å². The number of rotatable bonds is 5. The summed E-state index contributed by atoms with van der Waals surface area (Å²) in [4.78, 5) is 14.2. The summed E-state index contributed by atoms with van der Waals surface area (Å²) in [6.07, 6.45) is 3.40. The number of morpholine rings is 1. The monoisotopic (exact) mass is 342 g/mol. The molecule has 0 aliphatic carbocycles. The zero-order valence-electron chi connectivity index (χ0n) is 11.5. The van der Waals surface area contributed by atoms with Crippen molar-refractivity contribution in [2.45, 2.75) is 12.6 Å². The molecule has 1 aliphatic rings. The molecule has 1 aromatic rings. The van der Waals surface area contributed by atoms with Crippen molar-refractivity contribution in [3.63, 3.8) is 0 Å². The fourth-order valence-corrected chi connectivity index (χ4v) is 2.50. The average molecular weight is 343 g/mol. The van der Waals surface area contributed by atoms with Crippen LogP contribution in [0.15, 0.2) is 28.1 Å². The highest BCUT2D eigenvalue weighted by Crippen LogP contribution is 2.16. The minimum Gasteiger partial charge on any atom is -0.380 e. The third-order valence-corrected chi connectivity index (χ3v) is 3.92. The first-order valence-electron chi connectivity index (χ1n) is 6.52. The highest BCUT2D eigenvalue weighted by molar-refractivity contribution is 9.10. The normalized spacial score (nSPS) is 19.8. The fourth-order valence-electron chi connectivity index (χ4n) is 2.05. The fraction of sp³-hybridized carbons (Fsp3) is 0.538. The number of halogens is 1. The first-order chi connectivity index (χ1) is 9.61. The van der Waals surface area contributed by atoms with Crippen LogP contribution < -0.4 is 10.9 Å². The Kier molecular flexibility index (Phi) is 5.33. The van der Waals surface area contributed by atoms with Crippen molar-refractivity contribution in [1.82, 2.24) is 14.7 Å². The molecule has 2 rings (SSSR count). The maximum absolute atomic E-state index is 12.0. The molecule has 1 aromatic heterocycles. The minimum absolute atomic E-state index is 0.122. The van der Waals surface area contributed by atoms with Crippen LogP contribution in [0.5, 0.6) is 0 Å². The number of ether oxygens (including phenoxy) is 1. The lowest BCUT2D eigenvalue weighted by molar-refractivity contribution is -0.0117. The van der Waals surface area contributed by atoms with Gasteiger partial charge >= 0.3 is 0 Å². The lowest BCUT2D eigenvalue weighted by Gasteiger charge is -2.30. The maximum Gasteiger partial charge on any atom is 0.283 e. The zero-order chi connectivity index (χ0) is 14.5. The molecular weight excluding hydrogens is 324 g/mol. The van der Waals surface area contributed by atoms with Gasteiger partial charge < -0.3 is 15.0 Å². The number of hydrogen-bond donors (Lipinski definition) is 1. The van der Waals surface area contributed by atoms with E-state index in [1.807, 2.05) is 0 Å². The molecule has 110 valence electrons. The molecule has 20 heavy (non-hydrogen) atoms. The van der Waals surface area contributed by atoms with Gasteiger partial charge in [0, 0.05) is 19.6 Å². The highest BCUT2D eigenvalue weighted by atomic mass is 79.9. The van der Waals surface area contributed by atoms with Gasteiger partial charge in [-0.3, -0.25) is 4.79 Å². The number of aromatic nitrogens is 2. The summed E-state index contributed by atoms with van der Waals surface area (Å²) in [5.74, 6) is 0. The third kappa shape index (κ3) is 3.68. The number of allylic oxidation sites excluding steroid dienone is 1. The molecule has 0 aromatic carbocycles. The van der Waals surface area contributed by atoms with Crippen LogP contribution in [0.25, 0.3) is 0 Å². The van der Waals surface area contributed by atoms with Gasteiger partial charge in [-0.05, 0) is 23.0 Å². The average Bonchev–Trinajstić information content (AvgIpc) is 2.43. The summed E-state index contributed by atoms with van der Waals surface area (Å²) >= 11 is 3.32. The van der Waals surface area contributed by atoms with E-state index in [2.05, 4.69) is 44.9 Å². The van der Waals surface area contributed by atoms with Gasteiger partial charge in [0.15, 0.2) is 0 Å². The van der Waals surface area contributed by atoms with Gasteiger partial charge in [0.2, 0.25) is 0 Å². The second-order valence-corrected chi connectivity index (χ2v) is 5.58. The van der Waals surface area contributed by atoms with Crippen molar-refractivity contribution in [2.24, 2.45) is 0 Å². The quantitative estimate of drug-likeness (QED) is 0.807. The molecule has 0 bridgehead atoms. The van der Waals surface area contributed by atoms with Crippen molar-refractivity contribution in [2.75, 3.05) is 38.6 Å². The van der Waals surface area contributed by atoms with E-state index in [0.717, 1.165) is 19.7 Å². The number of hydrogen-bond acceptors (Lipinski definition) is 5. The molecule has 1 N–H and O–H groups in total. The maximum atomic E-state index is 12.0. The van der Waals surface area contributed by atoms with Gasteiger partial charge in [-0.1, -0.05) is 6.08 Å². The molecule has 1 aliphatic heterocycles. The Balaban J connectivity index is 2.01. The van der Waals surface area contributed by atoms with Gasteiger partial charge in [-0.15, -0.1) is 6.58 Å². The molecule has 0 radical (unpaired) electrons. The summed E-state index contributed by atoms with van der Waals surface area (Å²) in [5, 5.41) is 7.31. The summed E-state index contributed by atoms with van der Waals surface area (Å²) in [7, 11) is 2.07. The molecule has 1 fully saturated rings.